The first-order valence-corrected chi connectivity index (χ1v) is 6.35. The highest BCUT2D eigenvalue weighted by Crippen LogP contribution is 2.26. The summed E-state index contributed by atoms with van der Waals surface area (Å²) in [7, 11) is 1.81. The van der Waals surface area contributed by atoms with Crippen LogP contribution in [0.5, 0.6) is 0 Å². The van der Waals surface area contributed by atoms with E-state index in [4.69, 9.17) is 21.8 Å². The third kappa shape index (κ3) is 2.56. The fourth-order valence-corrected chi connectivity index (χ4v) is 2.32. The summed E-state index contributed by atoms with van der Waals surface area (Å²) in [6.07, 6.45) is 0.610. The molecule has 17 heavy (non-hydrogen) atoms. The van der Waals surface area contributed by atoms with Gasteiger partial charge < -0.3 is 10.2 Å². The SMILES string of the molecule is Cc1nn(C)c(Cl)c1CC(N)c1ccc(Br)o1. The van der Waals surface area contributed by atoms with Crippen molar-refractivity contribution in [2.24, 2.45) is 12.8 Å². The van der Waals surface area contributed by atoms with Gasteiger partial charge in [0.1, 0.15) is 10.9 Å². The molecule has 92 valence electrons. The molecule has 0 radical (unpaired) electrons. The molecule has 2 heterocycles. The van der Waals surface area contributed by atoms with Gasteiger partial charge in [0, 0.05) is 12.6 Å². The van der Waals surface area contributed by atoms with Gasteiger partial charge in [0.2, 0.25) is 0 Å². The zero-order valence-corrected chi connectivity index (χ0v) is 11.9. The Balaban J connectivity index is 2.21. The first kappa shape index (κ1) is 12.7. The van der Waals surface area contributed by atoms with Crippen molar-refractivity contribution in [3.8, 4) is 0 Å². The molecule has 1 unspecified atom stereocenters. The van der Waals surface area contributed by atoms with Crippen molar-refractivity contribution >= 4 is 27.5 Å². The molecule has 6 heteroatoms. The van der Waals surface area contributed by atoms with Gasteiger partial charge in [-0.3, -0.25) is 4.68 Å². The van der Waals surface area contributed by atoms with E-state index < -0.39 is 0 Å². The smallest absolute Gasteiger partial charge is 0.169 e. The van der Waals surface area contributed by atoms with Crippen LogP contribution >= 0.6 is 27.5 Å². The zero-order chi connectivity index (χ0) is 12.6. The minimum absolute atomic E-state index is 0.221. The van der Waals surface area contributed by atoms with Crippen molar-refractivity contribution in [1.29, 1.82) is 0 Å². The first-order chi connectivity index (χ1) is 7.99. The average Bonchev–Trinajstić information content (AvgIpc) is 2.79. The lowest BCUT2D eigenvalue weighted by atomic mass is 10.1. The number of furan rings is 1. The highest BCUT2D eigenvalue weighted by Gasteiger charge is 2.17. The first-order valence-electron chi connectivity index (χ1n) is 5.18. The molecular formula is C11H13BrClN3O. The van der Waals surface area contributed by atoms with E-state index in [0.717, 1.165) is 17.0 Å². The van der Waals surface area contributed by atoms with Crippen LogP contribution < -0.4 is 5.73 Å². The van der Waals surface area contributed by atoms with Crippen molar-refractivity contribution < 1.29 is 4.42 Å². The Kier molecular flexibility index (Phi) is 3.61. The number of rotatable bonds is 3. The average molecular weight is 319 g/mol. The van der Waals surface area contributed by atoms with E-state index in [9.17, 15) is 0 Å². The molecule has 0 bridgehead atoms. The van der Waals surface area contributed by atoms with Crippen LogP contribution in [0.1, 0.15) is 23.1 Å². The van der Waals surface area contributed by atoms with Crippen molar-refractivity contribution in [1.82, 2.24) is 9.78 Å². The Morgan fingerprint density at radius 3 is 2.76 bits per heavy atom. The minimum atomic E-state index is -0.221. The molecule has 0 aliphatic carbocycles. The zero-order valence-electron chi connectivity index (χ0n) is 9.58. The number of nitrogens with two attached hydrogens (primary N) is 1. The molecule has 2 aromatic heterocycles. The van der Waals surface area contributed by atoms with E-state index in [1.807, 2.05) is 26.1 Å². The summed E-state index contributed by atoms with van der Waals surface area (Å²) in [5.41, 5.74) is 7.95. The van der Waals surface area contributed by atoms with Crippen LogP contribution in [-0.4, -0.2) is 9.78 Å². The van der Waals surface area contributed by atoms with Gasteiger partial charge in [-0.1, -0.05) is 11.6 Å². The second kappa shape index (κ2) is 4.84. The van der Waals surface area contributed by atoms with E-state index >= 15 is 0 Å². The molecule has 1 atom stereocenters. The summed E-state index contributed by atoms with van der Waals surface area (Å²) >= 11 is 9.41. The summed E-state index contributed by atoms with van der Waals surface area (Å²) in [6.45, 7) is 1.92. The lowest BCUT2D eigenvalue weighted by molar-refractivity contribution is 0.447. The van der Waals surface area contributed by atoms with Gasteiger partial charge in [-0.05, 0) is 41.4 Å². The molecule has 0 saturated carbocycles. The maximum Gasteiger partial charge on any atom is 0.169 e. The summed E-state index contributed by atoms with van der Waals surface area (Å²) in [4.78, 5) is 0. The van der Waals surface area contributed by atoms with Crippen molar-refractivity contribution in [3.63, 3.8) is 0 Å². The fourth-order valence-electron chi connectivity index (χ4n) is 1.75. The van der Waals surface area contributed by atoms with E-state index in [0.29, 0.717) is 16.2 Å². The molecule has 0 fully saturated rings. The van der Waals surface area contributed by atoms with Gasteiger partial charge in [0.25, 0.3) is 0 Å². The quantitative estimate of drug-likeness (QED) is 0.946. The largest absolute Gasteiger partial charge is 0.453 e. The Labute approximate surface area is 113 Å². The molecule has 2 N–H and O–H groups in total. The number of nitrogens with zero attached hydrogens (tertiary/aromatic N) is 2. The summed E-state index contributed by atoms with van der Waals surface area (Å²) < 4.78 is 7.75. The van der Waals surface area contributed by atoms with E-state index in [-0.39, 0.29) is 6.04 Å². The van der Waals surface area contributed by atoms with Crippen molar-refractivity contribution in [2.75, 3.05) is 0 Å². The Morgan fingerprint density at radius 2 is 2.29 bits per heavy atom. The Hall–Kier alpha value is -0.780. The maximum atomic E-state index is 6.16. The fraction of sp³-hybridized carbons (Fsp3) is 0.364. The topological polar surface area (TPSA) is 57.0 Å². The normalized spacial score (nSPS) is 13.0. The Bertz CT molecular complexity index is 535. The second-order valence-electron chi connectivity index (χ2n) is 3.93. The van der Waals surface area contributed by atoms with Crippen LogP contribution in [-0.2, 0) is 13.5 Å². The molecular weight excluding hydrogens is 305 g/mol. The molecule has 0 saturated heterocycles. The molecule has 0 amide bonds. The predicted molar refractivity (Wildman–Crippen MR) is 70.0 cm³/mol. The summed E-state index contributed by atoms with van der Waals surface area (Å²) in [5.74, 6) is 0.733. The van der Waals surface area contributed by atoms with E-state index in [2.05, 4.69) is 21.0 Å². The summed E-state index contributed by atoms with van der Waals surface area (Å²) in [6, 6.07) is 3.46. The van der Waals surface area contributed by atoms with Gasteiger partial charge in [0.15, 0.2) is 4.67 Å². The van der Waals surface area contributed by atoms with Gasteiger partial charge in [-0.25, -0.2) is 0 Å². The molecule has 2 rings (SSSR count). The molecule has 2 aromatic rings. The number of aromatic nitrogens is 2. The maximum absolute atomic E-state index is 6.16. The van der Waals surface area contributed by atoms with E-state index in [1.54, 1.807) is 4.68 Å². The van der Waals surface area contributed by atoms with Crippen molar-refractivity contribution in [3.05, 3.63) is 39.0 Å². The van der Waals surface area contributed by atoms with Crippen molar-refractivity contribution in [2.45, 2.75) is 19.4 Å². The van der Waals surface area contributed by atoms with Gasteiger partial charge in [-0.15, -0.1) is 0 Å². The number of halogens is 2. The van der Waals surface area contributed by atoms with Crippen LogP contribution in [0.25, 0.3) is 0 Å². The molecule has 4 nitrogen and oxygen atoms in total. The van der Waals surface area contributed by atoms with Crippen LogP contribution in [0.15, 0.2) is 21.2 Å². The molecule has 0 aromatic carbocycles. The highest BCUT2D eigenvalue weighted by atomic mass is 79.9. The molecule has 0 aliphatic rings. The van der Waals surface area contributed by atoms with Gasteiger partial charge in [-0.2, -0.15) is 5.10 Å². The van der Waals surface area contributed by atoms with E-state index in [1.165, 1.54) is 0 Å². The lowest BCUT2D eigenvalue weighted by Crippen LogP contribution is -2.13. The monoisotopic (exact) mass is 317 g/mol. The van der Waals surface area contributed by atoms with Gasteiger partial charge >= 0.3 is 0 Å². The lowest BCUT2D eigenvalue weighted by Gasteiger charge is -2.08. The van der Waals surface area contributed by atoms with Gasteiger partial charge in [0.05, 0.1) is 11.7 Å². The highest BCUT2D eigenvalue weighted by molar-refractivity contribution is 9.10. The predicted octanol–water partition coefficient (Wildman–Crippen LogP) is 2.98. The van der Waals surface area contributed by atoms with Crippen LogP contribution in [0.2, 0.25) is 5.15 Å². The number of aryl methyl sites for hydroxylation is 2. The Morgan fingerprint density at radius 1 is 1.59 bits per heavy atom. The van der Waals surface area contributed by atoms with Crippen LogP contribution in [0.4, 0.5) is 0 Å². The standard InChI is InChI=1S/C11H13BrClN3O/c1-6-7(11(13)16(2)15-6)5-8(14)9-3-4-10(12)17-9/h3-4,8H,5,14H2,1-2H3. The third-order valence-corrected chi connectivity index (χ3v) is 3.55. The van der Waals surface area contributed by atoms with Crippen LogP contribution in [0.3, 0.4) is 0 Å². The molecule has 0 aliphatic heterocycles. The number of hydrogen-bond acceptors (Lipinski definition) is 3. The third-order valence-electron chi connectivity index (χ3n) is 2.65. The second-order valence-corrected chi connectivity index (χ2v) is 5.07. The summed E-state index contributed by atoms with van der Waals surface area (Å²) in [5, 5.41) is 4.88. The van der Waals surface area contributed by atoms with Crippen LogP contribution in [0, 0.1) is 6.92 Å². The minimum Gasteiger partial charge on any atom is -0.453 e. The molecule has 0 spiro atoms. The number of hydrogen-bond donors (Lipinski definition) is 1.